The molecule has 7 nitrogen and oxygen atoms in total. The molecular weight excluding hydrogens is 324 g/mol. The predicted molar refractivity (Wildman–Crippen MR) is 94.6 cm³/mol. The highest BCUT2D eigenvalue weighted by molar-refractivity contribution is 7.18. The van der Waals surface area contributed by atoms with Crippen LogP contribution < -0.4 is 9.80 Å². The Labute approximate surface area is 143 Å². The summed E-state index contributed by atoms with van der Waals surface area (Å²) in [5.41, 5.74) is 0.846. The topological polar surface area (TPSA) is 67.2 Å². The summed E-state index contributed by atoms with van der Waals surface area (Å²) in [6, 6.07) is 2.15. The highest BCUT2D eigenvalue weighted by atomic mass is 32.1. The Morgan fingerprint density at radius 2 is 2.17 bits per heavy atom. The van der Waals surface area contributed by atoms with Crippen molar-refractivity contribution in [1.82, 2.24) is 19.7 Å². The molecule has 0 atom stereocenters. The molecule has 24 heavy (non-hydrogen) atoms. The van der Waals surface area contributed by atoms with E-state index in [2.05, 4.69) is 28.1 Å². The smallest absolute Gasteiger partial charge is 0.246 e. The third-order valence-corrected chi connectivity index (χ3v) is 5.42. The number of hydrogen-bond acceptors (Lipinski definition) is 6. The van der Waals surface area contributed by atoms with Crippen LogP contribution in [-0.2, 0) is 18.3 Å². The summed E-state index contributed by atoms with van der Waals surface area (Å²) >= 11 is 1.69. The molecule has 4 heterocycles. The number of fused-ring (bicyclic) bond motifs is 1. The maximum atomic E-state index is 12.6. The largest absolute Gasteiger partial charge is 0.345 e. The van der Waals surface area contributed by atoms with E-state index in [1.807, 2.05) is 18.1 Å². The van der Waals surface area contributed by atoms with E-state index in [0.717, 1.165) is 34.7 Å². The third kappa shape index (κ3) is 2.52. The Hall–Kier alpha value is -2.48. The number of piperazine rings is 1. The van der Waals surface area contributed by atoms with Crippen molar-refractivity contribution in [3.05, 3.63) is 29.7 Å². The minimum absolute atomic E-state index is 0.0620. The number of aromatic nitrogens is 4. The Morgan fingerprint density at radius 1 is 1.29 bits per heavy atom. The zero-order valence-corrected chi connectivity index (χ0v) is 14.5. The average molecular weight is 342 g/mol. The number of carbonyl (C=O) groups excluding carboxylic acids is 1. The van der Waals surface area contributed by atoms with Crippen LogP contribution in [0.1, 0.15) is 11.8 Å². The van der Waals surface area contributed by atoms with Crippen LogP contribution in [0.15, 0.2) is 24.8 Å². The molecule has 0 aromatic carbocycles. The van der Waals surface area contributed by atoms with Crippen LogP contribution in [0, 0.1) is 0 Å². The van der Waals surface area contributed by atoms with Crippen LogP contribution >= 0.6 is 11.3 Å². The fraction of sp³-hybridized carbons (Fsp3) is 0.375. The highest BCUT2D eigenvalue weighted by Crippen LogP contribution is 2.31. The number of thiophene rings is 1. The number of hydrogen-bond donors (Lipinski definition) is 0. The van der Waals surface area contributed by atoms with Crippen LogP contribution in [-0.4, -0.2) is 45.3 Å². The second-order valence-corrected chi connectivity index (χ2v) is 6.94. The van der Waals surface area contributed by atoms with Gasteiger partial charge < -0.3 is 9.80 Å². The minimum Gasteiger partial charge on any atom is -0.345 e. The molecule has 1 saturated heterocycles. The maximum Gasteiger partial charge on any atom is 0.246 e. The lowest BCUT2D eigenvalue weighted by molar-refractivity contribution is -0.117. The van der Waals surface area contributed by atoms with Crippen molar-refractivity contribution < 1.29 is 4.79 Å². The summed E-state index contributed by atoms with van der Waals surface area (Å²) in [4.78, 5) is 27.5. The normalized spacial score (nSPS) is 15.5. The molecule has 0 bridgehead atoms. The number of amides is 1. The number of rotatable bonds is 3. The molecule has 1 amide bonds. The summed E-state index contributed by atoms with van der Waals surface area (Å²) < 4.78 is 1.71. The first-order valence-electron chi connectivity index (χ1n) is 7.93. The zero-order valence-electron chi connectivity index (χ0n) is 13.6. The van der Waals surface area contributed by atoms with Crippen LogP contribution in [0.25, 0.3) is 10.2 Å². The third-order valence-electron chi connectivity index (χ3n) is 4.23. The van der Waals surface area contributed by atoms with E-state index in [0.29, 0.717) is 13.1 Å². The molecule has 0 radical (unpaired) electrons. The molecule has 0 unspecified atom stereocenters. The maximum absolute atomic E-state index is 12.6. The number of nitrogens with zero attached hydrogens (tertiary/aromatic N) is 6. The van der Waals surface area contributed by atoms with Crippen molar-refractivity contribution in [3.63, 3.8) is 0 Å². The van der Waals surface area contributed by atoms with Gasteiger partial charge in [-0.2, -0.15) is 5.10 Å². The van der Waals surface area contributed by atoms with Crippen molar-refractivity contribution in [2.24, 2.45) is 7.05 Å². The van der Waals surface area contributed by atoms with Crippen LogP contribution in [0.5, 0.6) is 0 Å². The molecular formula is C16H18N6OS. The van der Waals surface area contributed by atoms with Crippen LogP contribution in [0.3, 0.4) is 0 Å². The summed E-state index contributed by atoms with van der Waals surface area (Å²) in [5.74, 6) is 0.919. The Kier molecular flexibility index (Phi) is 3.68. The fourth-order valence-corrected chi connectivity index (χ4v) is 3.92. The van der Waals surface area contributed by atoms with Gasteiger partial charge in [0.05, 0.1) is 23.8 Å². The quantitative estimate of drug-likeness (QED) is 0.726. The van der Waals surface area contributed by atoms with Gasteiger partial charge in [-0.1, -0.05) is 6.92 Å². The summed E-state index contributed by atoms with van der Waals surface area (Å²) in [7, 11) is 1.85. The van der Waals surface area contributed by atoms with Gasteiger partial charge in [-0.25, -0.2) is 9.97 Å². The Balaban J connectivity index is 1.61. The van der Waals surface area contributed by atoms with E-state index >= 15 is 0 Å². The van der Waals surface area contributed by atoms with E-state index in [4.69, 9.17) is 0 Å². The van der Waals surface area contributed by atoms with E-state index in [1.165, 1.54) is 4.88 Å². The molecule has 0 N–H and O–H groups in total. The number of aryl methyl sites for hydroxylation is 2. The molecule has 1 aliphatic rings. The van der Waals surface area contributed by atoms with Crippen LogP contribution in [0.4, 0.5) is 11.5 Å². The van der Waals surface area contributed by atoms with Gasteiger partial charge in [-0.3, -0.25) is 9.48 Å². The number of anilines is 2. The highest BCUT2D eigenvalue weighted by Gasteiger charge is 2.27. The van der Waals surface area contributed by atoms with Crippen molar-refractivity contribution >= 4 is 39.0 Å². The Bertz CT molecular complexity index is 901. The first-order valence-corrected chi connectivity index (χ1v) is 8.74. The standard InChI is InChI=1S/C16H18N6OS/c1-3-12-6-13-15(17-10-18-16(13)24-12)21-4-5-22(14(23)9-21)11-7-19-20(2)8-11/h6-8,10H,3-5,9H2,1-2H3. The molecule has 3 aromatic heterocycles. The van der Waals surface area contributed by atoms with Crippen LogP contribution in [0.2, 0.25) is 0 Å². The lowest BCUT2D eigenvalue weighted by Crippen LogP contribution is -2.50. The summed E-state index contributed by atoms with van der Waals surface area (Å²) in [6.45, 7) is 3.82. The van der Waals surface area contributed by atoms with Gasteiger partial charge in [0.25, 0.3) is 0 Å². The molecule has 4 rings (SSSR count). The van der Waals surface area contributed by atoms with Crippen molar-refractivity contribution in [1.29, 1.82) is 0 Å². The summed E-state index contributed by atoms with van der Waals surface area (Å²) in [5, 5.41) is 5.19. The summed E-state index contributed by atoms with van der Waals surface area (Å²) in [6.07, 6.45) is 6.16. The predicted octanol–water partition coefficient (Wildman–Crippen LogP) is 1.84. The van der Waals surface area contributed by atoms with Gasteiger partial charge in [0.15, 0.2) is 0 Å². The zero-order chi connectivity index (χ0) is 16.7. The molecule has 1 fully saturated rings. The van der Waals surface area contributed by atoms with E-state index in [9.17, 15) is 4.79 Å². The first-order chi connectivity index (χ1) is 11.7. The second kappa shape index (κ2) is 5.86. The van der Waals surface area contributed by atoms with E-state index < -0.39 is 0 Å². The van der Waals surface area contributed by atoms with Gasteiger partial charge in [0.2, 0.25) is 5.91 Å². The van der Waals surface area contributed by atoms with Gasteiger partial charge >= 0.3 is 0 Å². The van der Waals surface area contributed by atoms with Gasteiger partial charge in [-0.05, 0) is 12.5 Å². The second-order valence-electron chi connectivity index (χ2n) is 5.82. The average Bonchev–Trinajstić information content (AvgIpc) is 3.20. The minimum atomic E-state index is 0.0620. The Morgan fingerprint density at radius 3 is 2.88 bits per heavy atom. The fourth-order valence-electron chi connectivity index (χ4n) is 2.99. The number of carbonyl (C=O) groups is 1. The lowest BCUT2D eigenvalue weighted by atomic mass is 10.2. The molecule has 1 aliphatic heterocycles. The SMILES string of the molecule is CCc1cc2c(N3CCN(c4cnn(C)c4)C(=O)C3)ncnc2s1. The molecule has 3 aromatic rings. The molecule has 0 spiro atoms. The monoisotopic (exact) mass is 342 g/mol. The van der Waals surface area contributed by atoms with Gasteiger partial charge in [0, 0.05) is 31.2 Å². The van der Waals surface area contributed by atoms with Gasteiger partial charge in [0.1, 0.15) is 17.0 Å². The molecule has 8 heteroatoms. The molecule has 0 saturated carbocycles. The van der Waals surface area contributed by atoms with Crippen molar-refractivity contribution in [3.8, 4) is 0 Å². The van der Waals surface area contributed by atoms with Crippen molar-refractivity contribution in [2.45, 2.75) is 13.3 Å². The van der Waals surface area contributed by atoms with Gasteiger partial charge in [-0.15, -0.1) is 11.3 Å². The van der Waals surface area contributed by atoms with E-state index in [-0.39, 0.29) is 5.91 Å². The van der Waals surface area contributed by atoms with Crippen molar-refractivity contribution in [2.75, 3.05) is 29.4 Å². The molecule has 124 valence electrons. The lowest BCUT2D eigenvalue weighted by Gasteiger charge is -2.34. The first kappa shape index (κ1) is 15.1. The molecule has 0 aliphatic carbocycles. The van der Waals surface area contributed by atoms with E-state index in [1.54, 1.807) is 33.4 Å².